The first-order valence-corrected chi connectivity index (χ1v) is 6.93. The summed E-state index contributed by atoms with van der Waals surface area (Å²) in [5.41, 5.74) is 0.445. The van der Waals surface area contributed by atoms with E-state index in [2.05, 4.69) is 38.0 Å². The molecule has 0 aliphatic heterocycles. The van der Waals surface area contributed by atoms with E-state index in [1.165, 1.54) is 19.4 Å². The van der Waals surface area contributed by atoms with Crippen LogP contribution in [-0.2, 0) is 4.74 Å². The van der Waals surface area contributed by atoms with Crippen molar-refractivity contribution in [2.75, 3.05) is 40.4 Å². The first kappa shape index (κ1) is 14.9. The molecule has 0 amide bonds. The van der Waals surface area contributed by atoms with Crippen LogP contribution in [-0.4, -0.2) is 51.3 Å². The Kier molecular flexibility index (Phi) is 5.90. The number of likely N-dealkylation sites (N-methyl/N-ethyl adjacent to an activating group) is 1. The van der Waals surface area contributed by atoms with Crippen LogP contribution in [0.5, 0.6) is 0 Å². The highest BCUT2D eigenvalue weighted by atomic mass is 16.5. The summed E-state index contributed by atoms with van der Waals surface area (Å²) in [6.07, 6.45) is 2.69. The van der Waals surface area contributed by atoms with Crippen LogP contribution in [0, 0.1) is 11.3 Å². The standard InChI is InChI=1S/C14H30N2O/c1-6-16(9-10-17-5)11-12-7-8-14(2,3)13(12)15-4/h12-13,15H,6-11H2,1-5H3. The van der Waals surface area contributed by atoms with Gasteiger partial charge in [0.25, 0.3) is 0 Å². The van der Waals surface area contributed by atoms with Crippen LogP contribution in [0.4, 0.5) is 0 Å². The van der Waals surface area contributed by atoms with E-state index in [1.54, 1.807) is 7.11 Å². The predicted octanol–water partition coefficient (Wildman–Crippen LogP) is 1.98. The zero-order valence-electron chi connectivity index (χ0n) is 12.3. The average molecular weight is 242 g/mol. The molecule has 102 valence electrons. The van der Waals surface area contributed by atoms with Crippen molar-refractivity contribution in [3.63, 3.8) is 0 Å². The molecule has 1 saturated carbocycles. The minimum Gasteiger partial charge on any atom is -0.383 e. The number of ether oxygens (including phenoxy) is 1. The van der Waals surface area contributed by atoms with Gasteiger partial charge in [-0.2, -0.15) is 0 Å². The molecule has 3 heteroatoms. The molecular formula is C14H30N2O. The molecule has 1 aliphatic rings. The summed E-state index contributed by atoms with van der Waals surface area (Å²) < 4.78 is 5.18. The molecule has 0 bridgehead atoms. The Morgan fingerprint density at radius 3 is 2.65 bits per heavy atom. The van der Waals surface area contributed by atoms with E-state index in [0.29, 0.717) is 11.5 Å². The molecule has 1 rings (SSSR count). The highest BCUT2D eigenvalue weighted by molar-refractivity contribution is 4.96. The lowest BCUT2D eigenvalue weighted by Gasteiger charge is -2.33. The van der Waals surface area contributed by atoms with E-state index < -0.39 is 0 Å². The lowest BCUT2D eigenvalue weighted by Crippen LogP contribution is -2.44. The molecule has 0 saturated heterocycles. The summed E-state index contributed by atoms with van der Waals surface area (Å²) >= 11 is 0. The second kappa shape index (κ2) is 6.72. The Bertz CT molecular complexity index is 218. The summed E-state index contributed by atoms with van der Waals surface area (Å²) in [7, 11) is 3.89. The Morgan fingerprint density at radius 2 is 2.12 bits per heavy atom. The molecular weight excluding hydrogens is 212 g/mol. The molecule has 3 nitrogen and oxygen atoms in total. The van der Waals surface area contributed by atoms with Crippen molar-refractivity contribution in [3.8, 4) is 0 Å². The lowest BCUT2D eigenvalue weighted by molar-refractivity contribution is 0.131. The fourth-order valence-electron chi connectivity index (χ4n) is 3.27. The number of hydrogen-bond donors (Lipinski definition) is 1. The van der Waals surface area contributed by atoms with Crippen LogP contribution in [0.25, 0.3) is 0 Å². The largest absolute Gasteiger partial charge is 0.383 e. The summed E-state index contributed by atoms with van der Waals surface area (Å²) in [5, 5.41) is 3.53. The number of nitrogens with zero attached hydrogens (tertiary/aromatic N) is 1. The fourth-order valence-corrected chi connectivity index (χ4v) is 3.27. The van der Waals surface area contributed by atoms with E-state index in [1.807, 2.05) is 0 Å². The van der Waals surface area contributed by atoms with Gasteiger partial charge in [-0.15, -0.1) is 0 Å². The smallest absolute Gasteiger partial charge is 0.0589 e. The van der Waals surface area contributed by atoms with Gasteiger partial charge in [-0.05, 0) is 37.8 Å². The van der Waals surface area contributed by atoms with E-state index in [4.69, 9.17) is 4.74 Å². The first-order valence-electron chi connectivity index (χ1n) is 6.93. The predicted molar refractivity (Wildman–Crippen MR) is 73.3 cm³/mol. The molecule has 2 unspecified atom stereocenters. The van der Waals surface area contributed by atoms with Crippen molar-refractivity contribution in [1.82, 2.24) is 10.2 Å². The van der Waals surface area contributed by atoms with Crippen molar-refractivity contribution in [1.29, 1.82) is 0 Å². The van der Waals surface area contributed by atoms with Gasteiger partial charge in [0, 0.05) is 26.2 Å². The van der Waals surface area contributed by atoms with Gasteiger partial charge in [-0.3, -0.25) is 0 Å². The highest BCUT2D eigenvalue weighted by Gasteiger charge is 2.41. The van der Waals surface area contributed by atoms with Gasteiger partial charge in [0.1, 0.15) is 0 Å². The van der Waals surface area contributed by atoms with Crippen molar-refractivity contribution in [3.05, 3.63) is 0 Å². The van der Waals surface area contributed by atoms with Gasteiger partial charge in [-0.25, -0.2) is 0 Å². The molecule has 0 aromatic carbocycles. The topological polar surface area (TPSA) is 24.5 Å². The number of hydrogen-bond acceptors (Lipinski definition) is 3. The third-order valence-corrected chi connectivity index (χ3v) is 4.34. The fraction of sp³-hybridized carbons (Fsp3) is 1.00. The minimum atomic E-state index is 0.445. The molecule has 0 aromatic heterocycles. The quantitative estimate of drug-likeness (QED) is 0.739. The van der Waals surface area contributed by atoms with Gasteiger partial charge in [0.15, 0.2) is 0 Å². The van der Waals surface area contributed by atoms with E-state index >= 15 is 0 Å². The van der Waals surface area contributed by atoms with Crippen molar-refractivity contribution in [2.45, 2.75) is 39.7 Å². The van der Waals surface area contributed by atoms with Gasteiger partial charge in [0.05, 0.1) is 6.61 Å². The lowest BCUT2D eigenvalue weighted by atomic mass is 9.85. The number of methoxy groups -OCH3 is 1. The monoisotopic (exact) mass is 242 g/mol. The van der Waals surface area contributed by atoms with Crippen molar-refractivity contribution < 1.29 is 4.74 Å². The van der Waals surface area contributed by atoms with Gasteiger partial charge < -0.3 is 15.0 Å². The summed E-state index contributed by atoms with van der Waals surface area (Å²) in [6.45, 7) is 11.2. The van der Waals surface area contributed by atoms with Crippen molar-refractivity contribution >= 4 is 0 Å². The number of nitrogens with one attached hydrogen (secondary N) is 1. The van der Waals surface area contributed by atoms with Gasteiger partial charge in [-0.1, -0.05) is 20.8 Å². The molecule has 2 atom stereocenters. The summed E-state index contributed by atoms with van der Waals surface area (Å²) in [5.74, 6) is 0.784. The van der Waals surface area contributed by atoms with Gasteiger partial charge in [0.2, 0.25) is 0 Å². The Labute approximate surface area is 107 Å². The van der Waals surface area contributed by atoms with Crippen molar-refractivity contribution in [2.24, 2.45) is 11.3 Å². The zero-order chi connectivity index (χ0) is 12.9. The van der Waals surface area contributed by atoms with Crippen LogP contribution in [0.1, 0.15) is 33.6 Å². The zero-order valence-corrected chi connectivity index (χ0v) is 12.3. The number of rotatable bonds is 7. The second-order valence-electron chi connectivity index (χ2n) is 5.94. The normalized spacial score (nSPS) is 27.9. The van der Waals surface area contributed by atoms with E-state index in [0.717, 1.165) is 25.6 Å². The van der Waals surface area contributed by atoms with Gasteiger partial charge >= 0.3 is 0 Å². The maximum atomic E-state index is 5.18. The molecule has 1 fully saturated rings. The Hall–Kier alpha value is -0.120. The van der Waals surface area contributed by atoms with E-state index in [9.17, 15) is 0 Å². The third-order valence-electron chi connectivity index (χ3n) is 4.34. The Morgan fingerprint density at radius 1 is 1.41 bits per heavy atom. The van der Waals surface area contributed by atoms with E-state index in [-0.39, 0.29) is 0 Å². The maximum Gasteiger partial charge on any atom is 0.0589 e. The third kappa shape index (κ3) is 3.94. The van der Waals surface area contributed by atoms with Crippen LogP contribution in [0.3, 0.4) is 0 Å². The molecule has 1 N–H and O–H groups in total. The van der Waals surface area contributed by atoms with Crippen LogP contribution in [0.2, 0.25) is 0 Å². The highest BCUT2D eigenvalue weighted by Crippen LogP contribution is 2.41. The first-order chi connectivity index (χ1) is 8.05. The maximum absolute atomic E-state index is 5.18. The molecule has 0 aromatic rings. The minimum absolute atomic E-state index is 0.445. The van der Waals surface area contributed by atoms with Crippen LogP contribution < -0.4 is 5.32 Å². The molecule has 1 aliphatic carbocycles. The second-order valence-corrected chi connectivity index (χ2v) is 5.94. The Balaban J connectivity index is 2.49. The molecule has 17 heavy (non-hydrogen) atoms. The SMILES string of the molecule is CCN(CCOC)CC1CCC(C)(C)C1NC. The summed E-state index contributed by atoms with van der Waals surface area (Å²) in [6, 6.07) is 0.652. The van der Waals surface area contributed by atoms with Crippen LogP contribution in [0.15, 0.2) is 0 Å². The average Bonchev–Trinajstić information content (AvgIpc) is 2.59. The van der Waals surface area contributed by atoms with Crippen LogP contribution >= 0.6 is 0 Å². The molecule has 0 heterocycles. The molecule has 0 spiro atoms. The summed E-state index contributed by atoms with van der Waals surface area (Å²) in [4.78, 5) is 2.51. The molecule has 0 radical (unpaired) electrons.